The summed E-state index contributed by atoms with van der Waals surface area (Å²) in [6.45, 7) is 8.21. The number of likely N-dealkylation sites (tertiary alicyclic amines) is 1. The molecule has 0 aromatic heterocycles. The largest absolute Gasteiger partial charge is 0.342 e. The molecule has 88 valence electrons. The summed E-state index contributed by atoms with van der Waals surface area (Å²) in [6.07, 6.45) is 3.49. The third-order valence-electron chi connectivity index (χ3n) is 3.90. The summed E-state index contributed by atoms with van der Waals surface area (Å²) in [4.78, 5) is 13.9. The highest BCUT2D eigenvalue weighted by atomic mass is 35.5. The van der Waals surface area contributed by atoms with E-state index in [4.69, 9.17) is 11.6 Å². The molecule has 0 radical (unpaired) electrons. The van der Waals surface area contributed by atoms with Crippen LogP contribution in [-0.2, 0) is 4.79 Å². The average molecular weight is 232 g/mol. The summed E-state index contributed by atoms with van der Waals surface area (Å²) in [7, 11) is 0. The predicted molar refractivity (Wildman–Crippen MR) is 64.1 cm³/mol. The number of hydrogen-bond donors (Lipinski definition) is 0. The number of hydrogen-bond acceptors (Lipinski definition) is 1. The maximum absolute atomic E-state index is 11.9. The van der Waals surface area contributed by atoms with Gasteiger partial charge in [0.2, 0.25) is 5.91 Å². The Kier molecular flexibility index (Phi) is 4.45. The van der Waals surface area contributed by atoms with E-state index in [1.807, 2.05) is 11.8 Å². The molecule has 0 aliphatic carbocycles. The molecule has 3 heteroatoms. The lowest BCUT2D eigenvalue weighted by atomic mass is 9.82. The number of carbonyl (C=O) groups excluding carboxylic acids is 1. The first kappa shape index (κ1) is 12.8. The van der Waals surface area contributed by atoms with Crippen LogP contribution in [0.5, 0.6) is 0 Å². The zero-order valence-corrected chi connectivity index (χ0v) is 10.8. The van der Waals surface area contributed by atoms with Crippen LogP contribution < -0.4 is 0 Å². The zero-order valence-electron chi connectivity index (χ0n) is 10.1. The average Bonchev–Trinajstić information content (AvgIpc) is 2.72. The standard InChI is InChI=1S/C12H22ClNO/c1-4-12(5-2)6-7-14(9-12)11(15)10(3)8-13/h10H,4-9H2,1-3H3. The Balaban J connectivity index is 2.59. The van der Waals surface area contributed by atoms with Gasteiger partial charge in [-0.25, -0.2) is 0 Å². The molecular weight excluding hydrogens is 210 g/mol. The quantitative estimate of drug-likeness (QED) is 0.682. The van der Waals surface area contributed by atoms with Gasteiger partial charge in [-0.05, 0) is 24.7 Å². The van der Waals surface area contributed by atoms with Crippen LogP contribution in [0, 0.1) is 11.3 Å². The van der Waals surface area contributed by atoms with Crippen molar-refractivity contribution in [2.24, 2.45) is 11.3 Å². The molecule has 1 amide bonds. The van der Waals surface area contributed by atoms with Gasteiger partial charge in [0.25, 0.3) is 0 Å². The van der Waals surface area contributed by atoms with Crippen molar-refractivity contribution in [3.8, 4) is 0 Å². The van der Waals surface area contributed by atoms with Crippen LogP contribution >= 0.6 is 11.6 Å². The normalized spacial score (nSPS) is 21.7. The second kappa shape index (κ2) is 5.20. The minimum Gasteiger partial charge on any atom is -0.342 e. The van der Waals surface area contributed by atoms with Crippen LogP contribution in [0.1, 0.15) is 40.0 Å². The molecular formula is C12H22ClNO. The van der Waals surface area contributed by atoms with E-state index in [0.717, 1.165) is 19.5 Å². The van der Waals surface area contributed by atoms with Gasteiger partial charge < -0.3 is 4.90 Å². The topological polar surface area (TPSA) is 20.3 Å². The molecule has 2 nitrogen and oxygen atoms in total. The molecule has 1 heterocycles. The first-order chi connectivity index (χ1) is 7.08. The van der Waals surface area contributed by atoms with Crippen LogP contribution in [-0.4, -0.2) is 29.8 Å². The molecule has 1 aliphatic heterocycles. The summed E-state index contributed by atoms with van der Waals surface area (Å²) >= 11 is 5.72. The van der Waals surface area contributed by atoms with E-state index in [2.05, 4.69) is 13.8 Å². The SMILES string of the molecule is CCC1(CC)CCN(C(=O)C(C)CCl)C1. The van der Waals surface area contributed by atoms with E-state index in [9.17, 15) is 4.79 Å². The highest BCUT2D eigenvalue weighted by molar-refractivity contribution is 6.19. The van der Waals surface area contributed by atoms with Crippen molar-refractivity contribution in [2.45, 2.75) is 40.0 Å². The van der Waals surface area contributed by atoms with E-state index >= 15 is 0 Å². The molecule has 1 fully saturated rings. The third kappa shape index (κ3) is 2.66. The monoisotopic (exact) mass is 231 g/mol. The minimum absolute atomic E-state index is 0.0313. The van der Waals surface area contributed by atoms with Gasteiger partial charge in [-0.3, -0.25) is 4.79 Å². The van der Waals surface area contributed by atoms with E-state index < -0.39 is 0 Å². The van der Waals surface area contributed by atoms with Crippen molar-refractivity contribution in [3.05, 3.63) is 0 Å². The van der Waals surface area contributed by atoms with Gasteiger partial charge in [-0.2, -0.15) is 0 Å². The molecule has 1 aliphatic rings. The first-order valence-corrected chi connectivity index (χ1v) is 6.46. The van der Waals surface area contributed by atoms with Gasteiger partial charge in [-0.1, -0.05) is 20.8 Å². The highest BCUT2D eigenvalue weighted by Gasteiger charge is 2.37. The number of carbonyl (C=O) groups is 1. The van der Waals surface area contributed by atoms with Crippen LogP contribution in [0.15, 0.2) is 0 Å². The third-order valence-corrected chi connectivity index (χ3v) is 4.37. The molecule has 15 heavy (non-hydrogen) atoms. The van der Waals surface area contributed by atoms with E-state index in [0.29, 0.717) is 11.3 Å². The fourth-order valence-electron chi connectivity index (χ4n) is 2.33. The van der Waals surface area contributed by atoms with E-state index in [-0.39, 0.29) is 11.8 Å². The molecule has 1 atom stereocenters. The van der Waals surface area contributed by atoms with E-state index in [1.54, 1.807) is 0 Å². The van der Waals surface area contributed by atoms with Crippen LogP contribution in [0.25, 0.3) is 0 Å². The summed E-state index contributed by atoms with van der Waals surface area (Å²) < 4.78 is 0. The van der Waals surface area contributed by atoms with E-state index in [1.165, 1.54) is 12.8 Å². The molecule has 1 rings (SSSR count). The highest BCUT2D eigenvalue weighted by Crippen LogP contribution is 2.37. The lowest BCUT2D eigenvalue weighted by Crippen LogP contribution is -2.35. The Morgan fingerprint density at radius 3 is 2.47 bits per heavy atom. The Morgan fingerprint density at radius 1 is 1.47 bits per heavy atom. The Labute approximate surface area is 98.0 Å². The number of amides is 1. The van der Waals surface area contributed by atoms with Gasteiger partial charge in [0.15, 0.2) is 0 Å². The molecule has 1 unspecified atom stereocenters. The van der Waals surface area contributed by atoms with Crippen LogP contribution in [0.3, 0.4) is 0 Å². The fourth-order valence-corrected chi connectivity index (χ4v) is 2.46. The smallest absolute Gasteiger partial charge is 0.226 e. The molecule has 1 saturated heterocycles. The van der Waals surface area contributed by atoms with Gasteiger partial charge in [0.1, 0.15) is 0 Å². The van der Waals surface area contributed by atoms with Gasteiger partial charge in [0.05, 0.1) is 0 Å². The summed E-state index contributed by atoms with van der Waals surface area (Å²) in [5.74, 6) is 0.630. The maximum atomic E-state index is 11.9. The van der Waals surface area contributed by atoms with Crippen molar-refractivity contribution in [1.82, 2.24) is 4.90 Å². The molecule has 0 N–H and O–H groups in total. The number of halogens is 1. The van der Waals surface area contributed by atoms with Crippen molar-refractivity contribution in [1.29, 1.82) is 0 Å². The number of alkyl halides is 1. The summed E-state index contributed by atoms with van der Waals surface area (Å²) in [5.41, 5.74) is 0.377. The van der Waals surface area contributed by atoms with Crippen molar-refractivity contribution in [2.75, 3.05) is 19.0 Å². The van der Waals surface area contributed by atoms with Crippen molar-refractivity contribution < 1.29 is 4.79 Å². The summed E-state index contributed by atoms with van der Waals surface area (Å²) in [5, 5.41) is 0. The Hall–Kier alpha value is -0.240. The first-order valence-electron chi connectivity index (χ1n) is 5.93. The minimum atomic E-state index is -0.0313. The van der Waals surface area contributed by atoms with Crippen LogP contribution in [0.2, 0.25) is 0 Å². The Bertz CT molecular complexity index is 226. The molecule has 0 spiro atoms. The molecule has 0 aromatic carbocycles. The molecule has 0 aromatic rings. The van der Waals surface area contributed by atoms with Crippen molar-refractivity contribution in [3.63, 3.8) is 0 Å². The molecule has 0 bridgehead atoms. The summed E-state index contributed by atoms with van der Waals surface area (Å²) in [6, 6.07) is 0. The fraction of sp³-hybridized carbons (Fsp3) is 0.917. The van der Waals surface area contributed by atoms with Crippen molar-refractivity contribution >= 4 is 17.5 Å². The lowest BCUT2D eigenvalue weighted by molar-refractivity contribution is -0.133. The molecule has 0 saturated carbocycles. The zero-order chi connectivity index (χ0) is 11.5. The number of nitrogens with zero attached hydrogens (tertiary/aromatic N) is 1. The predicted octanol–water partition coefficient (Wildman–Crippen LogP) is 2.90. The number of rotatable bonds is 4. The second-order valence-corrected chi connectivity index (χ2v) is 5.08. The van der Waals surface area contributed by atoms with Crippen LogP contribution in [0.4, 0.5) is 0 Å². The lowest BCUT2D eigenvalue weighted by Gasteiger charge is -2.27. The van der Waals surface area contributed by atoms with Gasteiger partial charge in [0, 0.05) is 24.9 Å². The maximum Gasteiger partial charge on any atom is 0.226 e. The second-order valence-electron chi connectivity index (χ2n) is 4.77. The van der Waals surface area contributed by atoms with Gasteiger partial charge in [-0.15, -0.1) is 11.6 Å². The van der Waals surface area contributed by atoms with Gasteiger partial charge >= 0.3 is 0 Å². The Morgan fingerprint density at radius 2 is 2.07 bits per heavy atom.